The van der Waals surface area contributed by atoms with Crippen molar-refractivity contribution in [2.24, 2.45) is 0 Å². The van der Waals surface area contributed by atoms with Crippen LogP contribution in [-0.4, -0.2) is 21.1 Å². The van der Waals surface area contributed by atoms with Gasteiger partial charge in [0.1, 0.15) is 0 Å². The maximum atomic E-state index is 4.27. The molecule has 4 nitrogen and oxygen atoms in total. The maximum Gasteiger partial charge on any atom is 0.0945 e. The van der Waals surface area contributed by atoms with Crippen LogP contribution in [0.3, 0.4) is 0 Å². The van der Waals surface area contributed by atoms with Gasteiger partial charge in [-0.1, -0.05) is 6.07 Å². The molecular formula is C13H18N4. The molecule has 0 bridgehead atoms. The third-order valence-electron chi connectivity index (χ3n) is 2.63. The molecule has 17 heavy (non-hydrogen) atoms. The van der Waals surface area contributed by atoms with E-state index in [1.807, 2.05) is 37.9 Å². The summed E-state index contributed by atoms with van der Waals surface area (Å²) in [5.74, 6) is 0. The zero-order valence-corrected chi connectivity index (χ0v) is 10.1. The molecule has 0 spiro atoms. The average molecular weight is 230 g/mol. The van der Waals surface area contributed by atoms with Crippen LogP contribution in [0.25, 0.3) is 0 Å². The number of imidazole rings is 1. The molecule has 2 aromatic rings. The molecule has 2 aromatic heterocycles. The Morgan fingerprint density at radius 3 is 3.00 bits per heavy atom. The Morgan fingerprint density at radius 1 is 1.35 bits per heavy atom. The van der Waals surface area contributed by atoms with Gasteiger partial charge in [0.05, 0.1) is 6.33 Å². The summed E-state index contributed by atoms with van der Waals surface area (Å²) in [5.41, 5.74) is 2.30. The zero-order valence-electron chi connectivity index (χ0n) is 10.1. The van der Waals surface area contributed by atoms with Crippen LogP contribution in [0.2, 0.25) is 0 Å². The molecule has 0 aliphatic carbocycles. The molecule has 1 N–H and O–H groups in total. The Balaban J connectivity index is 1.61. The second-order valence-electron chi connectivity index (χ2n) is 4.14. The molecule has 90 valence electrons. The van der Waals surface area contributed by atoms with Gasteiger partial charge in [0.2, 0.25) is 0 Å². The van der Waals surface area contributed by atoms with E-state index in [1.165, 1.54) is 5.56 Å². The summed E-state index contributed by atoms with van der Waals surface area (Å²) in [6.07, 6.45) is 8.69. The zero-order chi connectivity index (χ0) is 11.9. The molecule has 2 heterocycles. The Hall–Kier alpha value is -1.68. The van der Waals surface area contributed by atoms with E-state index < -0.39 is 0 Å². The summed E-state index contributed by atoms with van der Waals surface area (Å²) in [6, 6.07) is 4.16. The molecule has 0 fully saturated rings. The number of hydrogen-bond donors (Lipinski definition) is 1. The van der Waals surface area contributed by atoms with E-state index >= 15 is 0 Å². The standard InChI is InChI=1S/C13H18N4/c1-12-3-4-13(10-16-12)9-14-5-2-7-17-8-6-15-11-17/h3-4,6,8,10-11,14H,2,5,7,9H2,1H3. The van der Waals surface area contributed by atoms with Crippen LogP contribution in [0.1, 0.15) is 17.7 Å². The van der Waals surface area contributed by atoms with Crippen molar-refractivity contribution in [1.29, 1.82) is 0 Å². The second-order valence-corrected chi connectivity index (χ2v) is 4.14. The molecule has 0 aromatic carbocycles. The van der Waals surface area contributed by atoms with Crippen molar-refractivity contribution in [3.63, 3.8) is 0 Å². The van der Waals surface area contributed by atoms with Crippen molar-refractivity contribution >= 4 is 0 Å². The fraction of sp³-hybridized carbons (Fsp3) is 0.385. The molecule has 0 atom stereocenters. The lowest BCUT2D eigenvalue weighted by Crippen LogP contribution is -2.16. The normalized spacial score (nSPS) is 10.6. The molecule has 0 saturated carbocycles. The first-order chi connectivity index (χ1) is 8.34. The number of rotatable bonds is 6. The molecule has 0 aliphatic rings. The van der Waals surface area contributed by atoms with E-state index in [4.69, 9.17) is 0 Å². The second kappa shape index (κ2) is 6.15. The number of nitrogens with zero attached hydrogens (tertiary/aromatic N) is 3. The van der Waals surface area contributed by atoms with E-state index in [-0.39, 0.29) is 0 Å². The Bertz CT molecular complexity index is 419. The van der Waals surface area contributed by atoms with E-state index in [0.29, 0.717) is 0 Å². The van der Waals surface area contributed by atoms with Gasteiger partial charge in [-0.25, -0.2) is 4.98 Å². The van der Waals surface area contributed by atoms with Gasteiger partial charge in [-0.3, -0.25) is 4.98 Å². The van der Waals surface area contributed by atoms with Gasteiger partial charge in [0.25, 0.3) is 0 Å². The van der Waals surface area contributed by atoms with E-state index in [1.54, 1.807) is 0 Å². The molecule has 4 heteroatoms. The van der Waals surface area contributed by atoms with Gasteiger partial charge in [0.15, 0.2) is 0 Å². The number of pyridine rings is 1. The van der Waals surface area contributed by atoms with Crippen molar-refractivity contribution < 1.29 is 0 Å². The van der Waals surface area contributed by atoms with Crippen LogP contribution < -0.4 is 5.32 Å². The van der Waals surface area contributed by atoms with E-state index in [0.717, 1.165) is 31.7 Å². The van der Waals surface area contributed by atoms with E-state index in [2.05, 4.69) is 25.9 Å². The highest BCUT2D eigenvalue weighted by Crippen LogP contribution is 1.98. The van der Waals surface area contributed by atoms with Crippen LogP contribution in [0.5, 0.6) is 0 Å². The highest BCUT2D eigenvalue weighted by molar-refractivity contribution is 5.12. The van der Waals surface area contributed by atoms with Gasteiger partial charge >= 0.3 is 0 Å². The summed E-state index contributed by atoms with van der Waals surface area (Å²) < 4.78 is 2.09. The first-order valence-electron chi connectivity index (χ1n) is 5.92. The molecular weight excluding hydrogens is 212 g/mol. The minimum Gasteiger partial charge on any atom is -0.337 e. The van der Waals surface area contributed by atoms with Crippen LogP contribution in [0.4, 0.5) is 0 Å². The molecule has 0 radical (unpaired) electrons. The van der Waals surface area contributed by atoms with Crippen molar-refractivity contribution in [2.45, 2.75) is 26.4 Å². The van der Waals surface area contributed by atoms with Crippen molar-refractivity contribution in [3.05, 3.63) is 48.3 Å². The monoisotopic (exact) mass is 230 g/mol. The lowest BCUT2D eigenvalue weighted by Gasteiger charge is -2.05. The van der Waals surface area contributed by atoms with Crippen LogP contribution in [0.15, 0.2) is 37.1 Å². The lowest BCUT2D eigenvalue weighted by atomic mass is 10.2. The molecule has 0 amide bonds. The first-order valence-corrected chi connectivity index (χ1v) is 5.92. The lowest BCUT2D eigenvalue weighted by molar-refractivity contribution is 0.580. The third kappa shape index (κ3) is 4.00. The largest absolute Gasteiger partial charge is 0.337 e. The highest BCUT2D eigenvalue weighted by Gasteiger charge is 1.94. The van der Waals surface area contributed by atoms with Crippen molar-refractivity contribution in [1.82, 2.24) is 19.9 Å². The van der Waals surface area contributed by atoms with Gasteiger partial charge in [0, 0.05) is 37.4 Å². The SMILES string of the molecule is Cc1ccc(CNCCCn2ccnc2)cn1. The summed E-state index contributed by atoms with van der Waals surface area (Å²) in [7, 11) is 0. The predicted molar refractivity (Wildman–Crippen MR) is 67.5 cm³/mol. The summed E-state index contributed by atoms with van der Waals surface area (Å²) in [6.45, 7) is 4.91. The predicted octanol–water partition coefficient (Wildman–Crippen LogP) is 1.77. The maximum absolute atomic E-state index is 4.27. The topological polar surface area (TPSA) is 42.7 Å². The molecule has 0 aliphatic heterocycles. The van der Waals surface area contributed by atoms with E-state index in [9.17, 15) is 0 Å². The van der Waals surface area contributed by atoms with Gasteiger partial charge in [-0.2, -0.15) is 0 Å². The minimum absolute atomic E-state index is 0.886. The number of aromatic nitrogens is 3. The quantitative estimate of drug-likeness (QED) is 0.769. The molecule has 0 unspecified atom stereocenters. The summed E-state index contributed by atoms with van der Waals surface area (Å²) in [5, 5.41) is 3.41. The third-order valence-corrected chi connectivity index (χ3v) is 2.63. The number of hydrogen-bond acceptors (Lipinski definition) is 3. The van der Waals surface area contributed by atoms with Crippen molar-refractivity contribution in [3.8, 4) is 0 Å². The Morgan fingerprint density at radius 2 is 2.29 bits per heavy atom. The van der Waals surface area contributed by atoms with Gasteiger partial charge in [-0.15, -0.1) is 0 Å². The van der Waals surface area contributed by atoms with Crippen LogP contribution in [-0.2, 0) is 13.1 Å². The smallest absolute Gasteiger partial charge is 0.0945 e. The Labute approximate surface area is 102 Å². The van der Waals surface area contributed by atoms with Crippen LogP contribution in [0, 0.1) is 6.92 Å². The molecule has 0 saturated heterocycles. The minimum atomic E-state index is 0.886. The first kappa shape index (κ1) is 11.8. The van der Waals surface area contributed by atoms with Crippen LogP contribution >= 0.6 is 0 Å². The highest BCUT2D eigenvalue weighted by atomic mass is 15.0. The number of nitrogens with one attached hydrogen (secondary N) is 1. The number of aryl methyl sites for hydroxylation is 2. The van der Waals surface area contributed by atoms with Gasteiger partial charge < -0.3 is 9.88 Å². The summed E-state index contributed by atoms with van der Waals surface area (Å²) >= 11 is 0. The summed E-state index contributed by atoms with van der Waals surface area (Å²) in [4.78, 5) is 8.28. The average Bonchev–Trinajstić information content (AvgIpc) is 2.84. The van der Waals surface area contributed by atoms with Crippen molar-refractivity contribution in [2.75, 3.05) is 6.54 Å². The molecule has 2 rings (SSSR count). The fourth-order valence-electron chi connectivity index (χ4n) is 1.64. The Kier molecular flexibility index (Phi) is 4.27. The fourth-order valence-corrected chi connectivity index (χ4v) is 1.64. The van der Waals surface area contributed by atoms with Gasteiger partial charge in [-0.05, 0) is 31.5 Å².